The Bertz CT molecular complexity index is 614. The zero-order chi connectivity index (χ0) is 12.5. The van der Waals surface area contributed by atoms with Crippen LogP contribution >= 0.6 is 0 Å². The molecule has 0 spiro atoms. The van der Waals surface area contributed by atoms with E-state index in [9.17, 15) is 0 Å². The van der Waals surface area contributed by atoms with Gasteiger partial charge in [0.2, 0.25) is 5.69 Å². The van der Waals surface area contributed by atoms with Gasteiger partial charge in [-0.2, -0.15) is 4.58 Å². The zero-order valence-corrected chi connectivity index (χ0v) is 10.7. The summed E-state index contributed by atoms with van der Waals surface area (Å²) < 4.78 is 8.03. The monoisotopic (exact) mass is 238 g/mol. The molecule has 0 N–H and O–H groups in total. The number of fused-ring (bicyclic) bond motifs is 1. The second kappa shape index (κ2) is 4.30. The third kappa shape index (κ3) is 1.80. The highest BCUT2D eigenvalue weighted by Gasteiger charge is 2.21. The highest BCUT2D eigenvalue weighted by Crippen LogP contribution is 2.28. The third-order valence-corrected chi connectivity index (χ3v) is 3.33. The number of rotatable bonds is 1. The van der Waals surface area contributed by atoms with Gasteiger partial charge in [0, 0.05) is 12.1 Å². The van der Waals surface area contributed by atoms with Crippen molar-refractivity contribution in [1.29, 1.82) is 0 Å². The van der Waals surface area contributed by atoms with Crippen molar-refractivity contribution in [2.45, 2.75) is 13.8 Å². The van der Waals surface area contributed by atoms with Crippen molar-refractivity contribution in [1.82, 2.24) is 0 Å². The Balaban J connectivity index is 2.12. The molecule has 0 bridgehead atoms. The van der Waals surface area contributed by atoms with Crippen LogP contribution < -0.4 is 4.74 Å². The SMILES string of the molecule is Cc1ccc(C)c2c1C=[N+](c1ccccc1)CO2. The van der Waals surface area contributed by atoms with Gasteiger partial charge in [0.1, 0.15) is 5.75 Å². The van der Waals surface area contributed by atoms with E-state index in [0.717, 1.165) is 11.4 Å². The van der Waals surface area contributed by atoms with Crippen LogP contribution in [0.5, 0.6) is 5.75 Å². The second-order valence-corrected chi connectivity index (χ2v) is 4.65. The zero-order valence-electron chi connectivity index (χ0n) is 10.7. The molecule has 0 saturated carbocycles. The van der Waals surface area contributed by atoms with Gasteiger partial charge in [0.05, 0.1) is 5.56 Å². The molecule has 0 atom stereocenters. The molecule has 0 aromatic heterocycles. The Hall–Kier alpha value is -2.09. The first-order valence-corrected chi connectivity index (χ1v) is 6.15. The molecule has 1 heterocycles. The van der Waals surface area contributed by atoms with E-state index < -0.39 is 0 Å². The minimum atomic E-state index is 0.571. The van der Waals surface area contributed by atoms with E-state index in [0.29, 0.717) is 6.73 Å². The topological polar surface area (TPSA) is 12.2 Å². The van der Waals surface area contributed by atoms with Gasteiger partial charge in [0.15, 0.2) is 6.21 Å². The van der Waals surface area contributed by atoms with Gasteiger partial charge in [-0.05, 0) is 25.0 Å². The summed E-state index contributed by atoms with van der Waals surface area (Å²) in [5, 5.41) is 0. The smallest absolute Gasteiger partial charge is 0.292 e. The lowest BCUT2D eigenvalue weighted by molar-refractivity contribution is -0.476. The average Bonchev–Trinajstić information content (AvgIpc) is 2.44. The number of benzene rings is 2. The molecule has 90 valence electrons. The lowest BCUT2D eigenvalue weighted by Crippen LogP contribution is -2.21. The van der Waals surface area contributed by atoms with Gasteiger partial charge < -0.3 is 4.74 Å². The summed E-state index contributed by atoms with van der Waals surface area (Å²) in [4.78, 5) is 0. The minimum Gasteiger partial charge on any atom is -0.435 e. The van der Waals surface area contributed by atoms with E-state index in [-0.39, 0.29) is 0 Å². The quantitative estimate of drug-likeness (QED) is 0.693. The van der Waals surface area contributed by atoms with Crippen molar-refractivity contribution < 1.29 is 9.31 Å². The highest BCUT2D eigenvalue weighted by molar-refractivity contribution is 5.84. The average molecular weight is 238 g/mol. The second-order valence-electron chi connectivity index (χ2n) is 4.65. The standard InChI is InChI=1S/C16H16NO/c1-12-8-9-13(2)16-15(12)10-17(11-18-16)14-6-4-3-5-7-14/h3-10H,11H2,1-2H3/q+1. The van der Waals surface area contributed by atoms with Gasteiger partial charge in [-0.25, -0.2) is 0 Å². The van der Waals surface area contributed by atoms with Crippen LogP contribution in [-0.2, 0) is 0 Å². The summed E-state index contributed by atoms with van der Waals surface area (Å²) in [6.07, 6.45) is 2.18. The molecule has 0 unspecified atom stereocenters. The molecule has 1 aliphatic rings. The van der Waals surface area contributed by atoms with Crippen molar-refractivity contribution in [2.24, 2.45) is 0 Å². The number of hydrogen-bond acceptors (Lipinski definition) is 1. The lowest BCUT2D eigenvalue weighted by Gasteiger charge is -2.17. The molecule has 18 heavy (non-hydrogen) atoms. The molecule has 0 amide bonds. The highest BCUT2D eigenvalue weighted by atomic mass is 16.5. The molecule has 0 saturated heterocycles. The molecule has 0 aliphatic carbocycles. The molecular weight excluding hydrogens is 222 g/mol. The van der Waals surface area contributed by atoms with Crippen LogP contribution in [0.4, 0.5) is 5.69 Å². The number of nitrogens with zero attached hydrogens (tertiary/aromatic N) is 1. The molecular formula is C16H16NO+. The van der Waals surface area contributed by atoms with Gasteiger partial charge in [-0.1, -0.05) is 30.3 Å². The fourth-order valence-electron chi connectivity index (χ4n) is 2.25. The van der Waals surface area contributed by atoms with Crippen LogP contribution in [0, 0.1) is 13.8 Å². The molecule has 2 nitrogen and oxygen atoms in total. The largest absolute Gasteiger partial charge is 0.435 e. The summed E-state index contributed by atoms with van der Waals surface area (Å²) in [7, 11) is 0. The Kier molecular flexibility index (Phi) is 2.63. The summed E-state index contributed by atoms with van der Waals surface area (Å²) >= 11 is 0. The molecule has 2 aromatic rings. The molecule has 0 fully saturated rings. The molecule has 0 radical (unpaired) electrons. The van der Waals surface area contributed by atoms with Crippen molar-refractivity contribution in [3.8, 4) is 5.75 Å². The van der Waals surface area contributed by atoms with Crippen molar-refractivity contribution >= 4 is 11.9 Å². The van der Waals surface area contributed by atoms with E-state index in [1.54, 1.807) is 0 Å². The fraction of sp³-hybridized carbons (Fsp3) is 0.188. The van der Waals surface area contributed by atoms with Gasteiger partial charge in [-0.15, -0.1) is 0 Å². The Morgan fingerprint density at radius 1 is 0.944 bits per heavy atom. The molecule has 2 aromatic carbocycles. The number of hydrogen-bond donors (Lipinski definition) is 0. The van der Waals surface area contributed by atoms with Crippen LogP contribution in [-0.4, -0.2) is 17.5 Å². The molecule has 2 heteroatoms. The first-order valence-electron chi connectivity index (χ1n) is 6.15. The summed E-state index contributed by atoms with van der Waals surface area (Å²) in [5.41, 5.74) is 4.78. The van der Waals surface area contributed by atoms with Crippen LogP contribution in [0.15, 0.2) is 42.5 Å². The summed E-state index contributed by atoms with van der Waals surface area (Å²) in [5.74, 6) is 1.02. The maximum absolute atomic E-state index is 5.90. The summed E-state index contributed by atoms with van der Waals surface area (Å²) in [6, 6.07) is 14.6. The van der Waals surface area contributed by atoms with Gasteiger partial charge in [-0.3, -0.25) is 0 Å². The number of aryl methyl sites for hydroxylation is 2. The first-order chi connectivity index (χ1) is 8.75. The molecule has 1 aliphatic heterocycles. The summed E-state index contributed by atoms with van der Waals surface area (Å²) in [6.45, 7) is 4.78. The van der Waals surface area contributed by atoms with Gasteiger partial charge in [0.25, 0.3) is 6.73 Å². The Morgan fingerprint density at radius 3 is 2.44 bits per heavy atom. The predicted molar refractivity (Wildman–Crippen MR) is 72.9 cm³/mol. The van der Waals surface area contributed by atoms with Crippen molar-refractivity contribution in [3.05, 3.63) is 59.2 Å². The van der Waals surface area contributed by atoms with Gasteiger partial charge >= 0.3 is 0 Å². The normalized spacial score (nSPS) is 13.6. The maximum atomic E-state index is 5.90. The Morgan fingerprint density at radius 2 is 1.67 bits per heavy atom. The maximum Gasteiger partial charge on any atom is 0.292 e. The number of para-hydroxylation sites is 1. The third-order valence-electron chi connectivity index (χ3n) is 3.33. The van der Waals surface area contributed by atoms with E-state index >= 15 is 0 Å². The van der Waals surface area contributed by atoms with Crippen LogP contribution in [0.25, 0.3) is 0 Å². The minimum absolute atomic E-state index is 0.571. The van der Waals surface area contributed by atoms with E-state index in [4.69, 9.17) is 4.74 Å². The van der Waals surface area contributed by atoms with E-state index in [1.807, 2.05) is 18.2 Å². The number of ether oxygens (including phenoxy) is 1. The molecule has 3 rings (SSSR count). The van der Waals surface area contributed by atoms with Crippen molar-refractivity contribution in [3.63, 3.8) is 0 Å². The predicted octanol–water partition coefficient (Wildman–Crippen LogP) is 3.42. The van der Waals surface area contributed by atoms with Crippen LogP contribution in [0.3, 0.4) is 0 Å². The van der Waals surface area contributed by atoms with Crippen molar-refractivity contribution in [2.75, 3.05) is 6.73 Å². The first kappa shape index (κ1) is 11.0. The Labute approximate surface area is 107 Å². The fourth-order valence-corrected chi connectivity index (χ4v) is 2.25. The van der Waals surface area contributed by atoms with Crippen LogP contribution in [0.2, 0.25) is 0 Å². The lowest BCUT2D eigenvalue weighted by atomic mass is 10.0. The van der Waals surface area contributed by atoms with Crippen LogP contribution in [0.1, 0.15) is 16.7 Å². The van der Waals surface area contributed by atoms with E-state index in [2.05, 4.69) is 48.9 Å². The van der Waals surface area contributed by atoms with E-state index in [1.165, 1.54) is 16.7 Å².